The summed E-state index contributed by atoms with van der Waals surface area (Å²) in [6, 6.07) is 12.5. The Hall–Kier alpha value is -3.54. The maximum absolute atomic E-state index is 12.9. The standard InChI is InChI=1S/C21H19N3O3/c1-24(2)13-4-6-18-15(9-13)16-8-12(11-22-21(16)23-18)20(26)17-10-14(27-3)5-7-19(17)25/h4-11,25H,1-3H3,(H,22,23). The van der Waals surface area contributed by atoms with Crippen molar-refractivity contribution < 1.29 is 14.6 Å². The van der Waals surface area contributed by atoms with E-state index in [1.165, 1.54) is 25.4 Å². The minimum Gasteiger partial charge on any atom is -0.507 e. The number of ether oxygens (including phenoxy) is 1. The number of aromatic hydroxyl groups is 1. The van der Waals surface area contributed by atoms with Gasteiger partial charge in [-0.15, -0.1) is 0 Å². The lowest BCUT2D eigenvalue weighted by Gasteiger charge is -2.11. The SMILES string of the molecule is COc1ccc(O)c(C(=O)c2cnc3[nH]c4ccc(N(C)C)cc4c3c2)c1. The lowest BCUT2D eigenvalue weighted by molar-refractivity contribution is 0.103. The molecule has 0 aliphatic heterocycles. The van der Waals surface area contributed by atoms with E-state index < -0.39 is 0 Å². The number of carbonyl (C=O) groups excluding carboxylic acids is 1. The van der Waals surface area contributed by atoms with Crippen molar-refractivity contribution in [3.63, 3.8) is 0 Å². The molecule has 0 unspecified atom stereocenters. The first-order valence-electron chi connectivity index (χ1n) is 8.48. The van der Waals surface area contributed by atoms with Crippen LogP contribution in [0.2, 0.25) is 0 Å². The summed E-state index contributed by atoms with van der Waals surface area (Å²) in [6.07, 6.45) is 1.52. The van der Waals surface area contributed by atoms with Gasteiger partial charge in [-0.25, -0.2) is 4.98 Å². The molecular weight excluding hydrogens is 342 g/mol. The average molecular weight is 361 g/mol. The van der Waals surface area contributed by atoms with Crippen molar-refractivity contribution in [1.29, 1.82) is 0 Å². The zero-order valence-corrected chi connectivity index (χ0v) is 15.3. The summed E-state index contributed by atoms with van der Waals surface area (Å²) in [7, 11) is 5.48. The molecule has 0 spiro atoms. The van der Waals surface area contributed by atoms with E-state index in [9.17, 15) is 9.90 Å². The zero-order chi connectivity index (χ0) is 19.1. The van der Waals surface area contributed by atoms with Gasteiger partial charge < -0.3 is 19.7 Å². The molecule has 4 aromatic rings. The number of ketones is 1. The molecule has 2 N–H and O–H groups in total. The molecule has 6 nitrogen and oxygen atoms in total. The molecule has 0 amide bonds. The molecule has 27 heavy (non-hydrogen) atoms. The molecule has 0 radical (unpaired) electrons. The van der Waals surface area contributed by atoms with Gasteiger partial charge >= 0.3 is 0 Å². The number of aromatic amines is 1. The maximum atomic E-state index is 12.9. The number of fused-ring (bicyclic) bond motifs is 3. The molecular formula is C21H19N3O3. The van der Waals surface area contributed by atoms with E-state index in [1.54, 1.807) is 6.07 Å². The summed E-state index contributed by atoms with van der Waals surface area (Å²) < 4.78 is 5.16. The summed E-state index contributed by atoms with van der Waals surface area (Å²) in [5.41, 5.74) is 3.32. The minimum absolute atomic E-state index is 0.0882. The van der Waals surface area contributed by atoms with Crippen LogP contribution >= 0.6 is 0 Å². The minimum atomic E-state index is -0.307. The average Bonchev–Trinajstić information content (AvgIpc) is 3.04. The van der Waals surface area contributed by atoms with Crippen LogP contribution in [-0.4, -0.2) is 42.1 Å². The first-order chi connectivity index (χ1) is 13.0. The summed E-state index contributed by atoms with van der Waals surface area (Å²) in [4.78, 5) is 22.6. The highest BCUT2D eigenvalue weighted by molar-refractivity contribution is 6.14. The van der Waals surface area contributed by atoms with E-state index in [1.807, 2.05) is 37.2 Å². The largest absolute Gasteiger partial charge is 0.507 e. The molecule has 0 aliphatic rings. The zero-order valence-electron chi connectivity index (χ0n) is 15.3. The van der Waals surface area contributed by atoms with Gasteiger partial charge in [0.05, 0.1) is 12.7 Å². The van der Waals surface area contributed by atoms with Crippen LogP contribution in [0.3, 0.4) is 0 Å². The molecule has 0 saturated carbocycles. The number of hydrogen-bond donors (Lipinski definition) is 2. The van der Waals surface area contributed by atoms with E-state index in [0.717, 1.165) is 22.0 Å². The van der Waals surface area contributed by atoms with E-state index in [0.29, 0.717) is 17.0 Å². The van der Waals surface area contributed by atoms with Gasteiger partial charge in [0, 0.05) is 47.8 Å². The second-order valence-electron chi connectivity index (χ2n) is 6.58. The molecule has 0 atom stereocenters. The van der Waals surface area contributed by atoms with Crippen LogP contribution in [0.4, 0.5) is 5.69 Å². The number of methoxy groups -OCH3 is 1. The van der Waals surface area contributed by atoms with Gasteiger partial charge in [0.15, 0.2) is 5.78 Å². The number of aromatic nitrogens is 2. The third-order valence-corrected chi connectivity index (χ3v) is 4.66. The number of H-pyrrole nitrogens is 1. The lowest BCUT2D eigenvalue weighted by Crippen LogP contribution is -2.07. The Bertz CT molecular complexity index is 1180. The van der Waals surface area contributed by atoms with Crippen molar-refractivity contribution in [2.75, 3.05) is 26.1 Å². The Morgan fingerprint density at radius 2 is 1.93 bits per heavy atom. The fourth-order valence-electron chi connectivity index (χ4n) is 3.14. The molecule has 2 heterocycles. The van der Waals surface area contributed by atoms with Gasteiger partial charge in [0.25, 0.3) is 0 Å². The predicted octanol–water partition coefficient (Wildman–Crippen LogP) is 3.73. The Balaban J connectivity index is 1.86. The Morgan fingerprint density at radius 1 is 1.11 bits per heavy atom. The number of phenolic OH excluding ortho intramolecular Hbond substituents is 1. The molecule has 4 rings (SSSR count). The Labute approximate surface area is 156 Å². The van der Waals surface area contributed by atoms with E-state index in [2.05, 4.69) is 16.0 Å². The number of benzene rings is 2. The first kappa shape index (κ1) is 16.9. The number of carbonyl (C=O) groups is 1. The molecule has 0 bridgehead atoms. The summed E-state index contributed by atoms with van der Waals surface area (Å²) in [5, 5.41) is 12.0. The summed E-state index contributed by atoms with van der Waals surface area (Å²) in [5.74, 6) is 0.113. The molecule has 0 aliphatic carbocycles. The van der Waals surface area contributed by atoms with Crippen molar-refractivity contribution >= 4 is 33.4 Å². The highest BCUT2D eigenvalue weighted by atomic mass is 16.5. The predicted molar refractivity (Wildman–Crippen MR) is 106 cm³/mol. The van der Waals surface area contributed by atoms with Crippen LogP contribution in [0.1, 0.15) is 15.9 Å². The van der Waals surface area contributed by atoms with Crippen LogP contribution in [0.5, 0.6) is 11.5 Å². The Kier molecular flexibility index (Phi) is 3.96. The molecule has 6 heteroatoms. The number of phenols is 1. The number of anilines is 1. The second-order valence-corrected chi connectivity index (χ2v) is 6.58. The van der Waals surface area contributed by atoms with Gasteiger partial charge in [0.1, 0.15) is 17.1 Å². The van der Waals surface area contributed by atoms with Crippen molar-refractivity contribution in [2.45, 2.75) is 0 Å². The number of pyridine rings is 1. The van der Waals surface area contributed by atoms with Gasteiger partial charge in [-0.1, -0.05) is 0 Å². The highest BCUT2D eigenvalue weighted by Crippen LogP contribution is 2.30. The van der Waals surface area contributed by atoms with Crippen molar-refractivity contribution in [1.82, 2.24) is 9.97 Å². The van der Waals surface area contributed by atoms with E-state index in [-0.39, 0.29) is 17.1 Å². The van der Waals surface area contributed by atoms with Gasteiger partial charge in [0.2, 0.25) is 0 Å². The third-order valence-electron chi connectivity index (χ3n) is 4.66. The fraction of sp³-hybridized carbons (Fsp3) is 0.143. The van der Waals surface area contributed by atoms with Crippen LogP contribution in [0, 0.1) is 0 Å². The van der Waals surface area contributed by atoms with Gasteiger partial charge in [-0.05, 0) is 42.5 Å². The first-order valence-corrected chi connectivity index (χ1v) is 8.48. The van der Waals surface area contributed by atoms with Crippen molar-refractivity contribution in [2.24, 2.45) is 0 Å². The van der Waals surface area contributed by atoms with Gasteiger partial charge in [-0.3, -0.25) is 4.79 Å². The van der Waals surface area contributed by atoms with E-state index in [4.69, 9.17) is 4.74 Å². The smallest absolute Gasteiger partial charge is 0.198 e. The Morgan fingerprint density at radius 3 is 2.67 bits per heavy atom. The third kappa shape index (κ3) is 2.85. The number of rotatable bonds is 4. The molecule has 136 valence electrons. The summed E-state index contributed by atoms with van der Waals surface area (Å²) >= 11 is 0. The topological polar surface area (TPSA) is 78.5 Å². The lowest BCUT2D eigenvalue weighted by atomic mass is 10.0. The molecule has 2 aromatic heterocycles. The van der Waals surface area contributed by atoms with Crippen LogP contribution < -0.4 is 9.64 Å². The van der Waals surface area contributed by atoms with Crippen LogP contribution in [-0.2, 0) is 0 Å². The van der Waals surface area contributed by atoms with E-state index >= 15 is 0 Å². The number of hydrogen-bond acceptors (Lipinski definition) is 5. The van der Waals surface area contributed by atoms with Crippen LogP contribution in [0.15, 0.2) is 48.7 Å². The molecule has 0 saturated heterocycles. The number of nitrogens with one attached hydrogen (secondary N) is 1. The van der Waals surface area contributed by atoms with Crippen LogP contribution in [0.25, 0.3) is 21.9 Å². The fourth-order valence-corrected chi connectivity index (χ4v) is 3.14. The van der Waals surface area contributed by atoms with Crippen molar-refractivity contribution in [3.05, 3.63) is 59.8 Å². The maximum Gasteiger partial charge on any atom is 0.198 e. The monoisotopic (exact) mass is 361 g/mol. The molecule has 2 aromatic carbocycles. The second kappa shape index (κ2) is 6.32. The number of nitrogens with zero attached hydrogens (tertiary/aromatic N) is 2. The summed E-state index contributed by atoms with van der Waals surface area (Å²) in [6.45, 7) is 0. The quantitative estimate of drug-likeness (QED) is 0.542. The normalized spacial score (nSPS) is 11.1. The highest BCUT2D eigenvalue weighted by Gasteiger charge is 2.17. The van der Waals surface area contributed by atoms with Crippen molar-refractivity contribution in [3.8, 4) is 11.5 Å². The van der Waals surface area contributed by atoms with Gasteiger partial charge in [-0.2, -0.15) is 0 Å². The molecule has 0 fully saturated rings.